The van der Waals surface area contributed by atoms with Crippen LogP contribution in [-0.4, -0.2) is 37.2 Å². The predicted octanol–water partition coefficient (Wildman–Crippen LogP) is 4.76. The maximum atomic E-state index is 13.0. The molecule has 0 spiro atoms. The summed E-state index contributed by atoms with van der Waals surface area (Å²) < 4.78 is 11.1. The van der Waals surface area contributed by atoms with E-state index < -0.39 is 0 Å². The van der Waals surface area contributed by atoms with Crippen molar-refractivity contribution in [1.82, 2.24) is 4.98 Å². The monoisotopic (exact) mass is 417 g/mol. The third-order valence-corrected chi connectivity index (χ3v) is 5.99. The first-order valence-electron chi connectivity index (χ1n) is 8.99. The van der Waals surface area contributed by atoms with Gasteiger partial charge in [0.05, 0.1) is 35.3 Å². The van der Waals surface area contributed by atoms with Crippen molar-refractivity contribution in [2.45, 2.75) is 13.8 Å². The van der Waals surface area contributed by atoms with Gasteiger partial charge in [0, 0.05) is 13.1 Å². The zero-order valence-electron chi connectivity index (χ0n) is 15.6. The number of carbonyl (C=O) groups is 1. The van der Waals surface area contributed by atoms with E-state index in [0.29, 0.717) is 45.3 Å². The Balaban J connectivity index is 1.61. The molecule has 0 unspecified atom stereocenters. The molecule has 2 aromatic heterocycles. The Bertz CT molecular complexity index is 1010. The molecule has 3 heterocycles. The Hall–Kier alpha value is -2.35. The summed E-state index contributed by atoms with van der Waals surface area (Å²) in [7, 11) is 0. The van der Waals surface area contributed by atoms with E-state index >= 15 is 0 Å². The fourth-order valence-electron chi connectivity index (χ4n) is 3.17. The Morgan fingerprint density at radius 2 is 2.00 bits per heavy atom. The van der Waals surface area contributed by atoms with Gasteiger partial charge in [-0.25, -0.2) is 4.98 Å². The van der Waals surface area contributed by atoms with Gasteiger partial charge in [-0.05, 0) is 38.1 Å². The fourth-order valence-corrected chi connectivity index (χ4v) is 4.38. The minimum absolute atomic E-state index is 0.207. The van der Waals surface area contributed by atoms with Crippen molar-refractivity contribution in [3.8, 4) is 10.8 Å². The van der Waals surface area contributed by atoms with E-state index in [1.807, 2.05) is 44.2 Å². The highest BCUT2D eigenvalue weighted by molar-refractivity contribution is 7.17. The highest BCUT2D eigenvalue weighted by Gasteiger charge is 2.22. The molecule has 1 fully saturated rings. The summed E-state index contributed by atoms with van der Waals surface area (Å²) in [5.74, 6) is 1.27. The number of hydrogen-bond donors (Lipinski definition) is 1. The largest absolute Gasteiger partial charge is 0.459 e. The summed E-state index contributed by atoms with van der Waals surface area (Å²) in [6, 6.07) is 9.27. The van der Waals surface area contributed by atoms with Gasteiger partial charge in [0.15, 0.2) is 10.8 Å². The van der Waals surface area contributed by atoms with E-state index in [0.717, 1.165) is 24.5 Å². The van der Waals surface area contributed by atoms with E-state index in [1.165, 1.54) is 11.3 Å². The molecule has 1 aliphatic heterocycles. The second-order valence-corrected chi connectivity index (χ2v) is 7.94. The number of nitrogens with one attached hydrogen (secondary N) is 1. The average molecular weight is 418 g/mol. The lowest BCUT2D eigenvalue weighted by atomic mass is 10.2. The molecule has 1 amide bonds. The second kappa shape index (κ2) is 7.95. The lowest BCUT2D eigenvalue weighted by molar-refractivity contribution is 0.103. The van der Waals surface area contributed by atoms with Crippen molar-refractivity contribution >= 4 is 40.2 Å². The minimum Gasteiger partial charge on any atom is -0.459 e. The van der Waals surface area contributed by atoms with Gasteiger partial charge in [-0.1, -0.05) is 17.7 Å². The lowest BCUT2D eigenvalue weighted by Gasteiger charge is -2.31. The maximum absolute atomic E-state index is 13.0. The number of anilines is 2. The van der Waals surface area contributed by atoms with Crippen LogP contribution in [0.15, 0.2) is 34.7 Å². The van der Waals surface area contributed by atoms with Crippen LogP contribution in [0.1, 0.15) is 21.1 Å². The number of ether oxygens (including phenoxy) is 1. The molecular formula is C20H20ClN3O3S. The third-order valence-electron chi connectivity index (χ3n) is 4.52. The molecule has 0 aliphatic carbocycles. The van der Waals surface area contributed by atoms with Gasteiger partial charge in [-0.2, -0.15) is 0 Å². The topological polar surface area (TPSA) is 67.6 Å². The Morgan fingerprint density at radius 1 is 1.21 bits per heavy atom. The van der Waals surface area contributed by atoms with Crippen LogP contribution in [0.25, 0.3) is 10.8 Å². The zero-order valence-corrected chi connectivity index (χ0v) is 17.2. The van der Waals surface area contributed by atoms with Gasteiger partial charge >= 0.3 is 0 Å². The van der Waals surface area contributed by atoms with E-state index in [4.69, 9.17) is 20.8 Å². The fraction of sp³-hybridized carbons (Fsp3) is 0.300. The number of amides is 1. The first kappa shape index (κ1) is 19.0. The van der Waals surface area contributed by atoms with E-state index in [-0.39, 0.29) is 5.91 Å². The van der Waals surface area contributed by atoms with Crippen molar-refractivity contribution < 1.29 is 13.9 Å². The van der Waals surface area contributed by atoms with Crippen molar-refractivity contribution in [3.63, 3.8) is 0 Å². The summed E-state index contributed by atoms with van der Waals surface area (Å²) in [6.45, 7) is 6.44. The summed E-state index contributed by atoms with van der Waals surface area (Å²) in [6.07, 6.45) is 0. The summed E-state index contributed by atoms with van der Waals surface area (Å²) in [5, 5.41) is 4.30. The summed E-state index contributed by atoms with van der Waals surface area (Å²) >= 11 is 7.77. The third kappa shape index (κ3) is 3.78. The number of furan rings is 1. The number of nitrogens with zero attached hydrogens (tertiary/aromatic N) is 2. The Labute approximate surface area is 172 Å². The molecule has 0 atom stereocenters. The quantitative estimate of drug-likeness (QED) is 0.662. The van der Waals surface area contributed by atoms with Crippen LogP contribution >= 0.6 is 22.9 Å². The van der Waals surface area contributed by atoms with Gasteiger partial charge in [-0.3, -0.25) is 4.79 Å². The highest BCUT2D eigenvalue weighted by Crippen LogP contribution is 2.36. The number of morpholine rings is 1. The zero-order chi connectivity index (χ0) is 19.7. The molecule has 6 nitrogen and oxygen atoms in total. The first-order valence-corrected chi connectivity index (χ1v) is 10.2. The molecule has 3 aromatic rings. The first-order chi connectivity index (χ1) is 13.5. The number of benzene rings is 1. The number of aromatic nitrogens is 1. The van der Waals surface area contributed by atoms with Gasteiger partial charge in [-0.15, -0.1) is 11.3 Å². The van der Waals surface area contributed by atoms with Crippen LogP contribution < -0.4 is 10.2 Å². The van der Waals surface area contributed by atoms with Crippen LogP contribution in [-0.2, 0) is 4.74 Å². The molecule has 8 heteroatoms. The van der Waals surface area contributed by atoms with Crippen molar-refractivity contribution in [1.29, 1.82) is 0 Å². The molecule has 0 saturated carbocycles. The SMILES string of the molecule is Cc1ccc(-c2nc(C)c(C(=O)Nc3cccc(Cl)c3N3CCOCC3)s2)o1. The molecule has 1 saturated heterocycles. The molecule has 1 aromatic carbocycles. The Kier molecular flexibility index (Phi) is 5.39. The number of thiazole rings is 1. The number of aryl methyl sites for hydroxylation is 2. The molecule has 4 rings (SSSR count). The molecule has 146 valence electrons. The lowest BCUT2D eigenvalue weighted by Crippen LogP contribution is -2.37. The van der Waals surface area contributed by atoms with Gasteiger partial charge < -0.3 is 19.4 Å². The minimum atomic E-state index is -0.207. The molecule has 28 heavy (non-hydrogen) atoms. The highest BCUT2D eigenvalue weighted by atomic mass is 35.5. The van der Waals surface area contributed by atoms with Crippen LogP contribution in [0.3, 0.4) is 0 Å². The number of hydrogen-bond acceptors (Lipinski definition) is 6. The molecule has 0 radical (unpaired) electrons. The Morgan fingerprint density at radius 3 is 2.71 bits per heavy atom. The van der Waals surface area contributed by atoms with Gasteiger partial charge in [0.2, 0.25) is 0 Å². The van der Waals surface area contributed by atoms with Crippen molar-refractivity contribution in [2.75, 3.05) is 36.5 Å². The normalized spacial score (nSPS) is 14.3. The van der Waals surface area contributed by atoms with Crippen LogP contribution in [0, 0.1) is 13.8 Å². The summed E-state index contributed by atoms with van der Waals surface area (Å²) in [5.41, 5.74) is 2.17. The van der Waals surface area contributed by atoms with E-state index in [1.54, 1.807) is 0 Å². The number of halogens is 1. The van der Waals surface area contributed by atoms with E-state index in [9.17, 15) is 4.79 Å². The van der Waals surface area contributed by atoms with Gasteiger partial charge in [0.25, 0.3) is 5.91 Å². The number of para-hydroxylation sites is 1. The van der Waals surface area contributed by atoms with Gasteiger partial charge in [0.1, 0.15) is 10.6 Å². The molecule has 1 N–H and O–H groups in total. The average Bonchev–Trinajstić information content (AvgIpc) is 3.28. The van der Waals surface area contributed by atoms with Crippen LogP contribution in [0.4, 0.5) is 11.4 Å². The molecule has 1 aliphatic rings. The van der Waals surface area contributed by atoms with Crippen LogP contribution in [0.2, 0.25) is 5.02 Å². The number of carbonyl (C=O) groups excluding carboxylic acids is 1. The smallest absolute Gasteiger partial charge is 0.267 e. The molecule has 0 bridgehead atoms. The standard InChI is InChI=1S/C20H20ClN3O3S/c1-12-6-7-16(27-12)20-22-13(2)18(28-20)19(25)23-15-5-3-4-14(21)17(15)24-8-10-26-11-9-24/h3-7H,8-11H2,1-2H3,(H,23,25). The maximum Gasteiger partial charge on any atom is 0.267 e. The van der Waals surface area contributed by atoms with Crippen molar-refractivity contribution in [2.24, 2.45) is 0 Å². The van der Waals surface area contributed by atoms with E-state index in [2.05, 4.69) is 15.2 Å². The summed E-state index contributed by atoms with van der Waals surface area (Å²) in [4.78, 5) is 20.2. The second-order valence-electron chi connectivity index (χ2n) is 6.53. The molecular weight excluding hydrogens is 398 g/mol. The van der Waals surface area contributed by atoms with Crippen LogP contribution in [0.5, 0.6) is 0 Å². The van der Waals surface area contributed by atoms with Crippen molar-refractivity contribution in [3.05, 3.63) is 51.7 Å². The predicted molar refractivity (Wildman–Crippen MR) is 112 cm³/mol. The number of rotatable bonds is 4.